The van der Waals surface area contributed by atoms with Crippen LogP contribution >= 0.6 is 11.3 Å². The Kier molecular flexibility index (Phi) is 6.00. The number of carbonyl (C=O) groups excluding carboxylic acids is 2. The van der Waals surface area contributed by atoms with Crippen molar-refractivity contribution in [2.75, 3.05) is 0 Å². The number of amides is 2. The summed E-state index contributed by atoms with van der Waals surface area (Å²) in [6.07, 6.45) is -1.00. The summed E-state index contributed by atoms with van der Waals surface area (Å²) in [6.45, 7) is 3.17. The maximum absolute atomic E-state index is 13.6. The predicted octanol–water partition coefficient (Wildman–Crippen LogP) is 3.49. The number of nitrogens with one attached hydrogen (secondary N) is 2. The Balaban J connectivity index is 1.59. The number of aromatic nitrogens is 1. The maximum Gasteiger partial charge on any atom is 0.279 e. The van der Waals surface area contributed by atoms with E-state index in [1.165, 1.54) is 25.1 Å². The number of para-hydroxylation sites is 1. The SMILES string of the molecule is Cc1nc(-c2cccs2)ccc1C(=O)NNC(=O)C(C)Oc1ccccc1F. The van der Waals surface area contributed by atoms with Gasteiger partial charge in [-0.15, -0.1) is 11.3 Å². The topological polar surface area (TPSA) is 80.3 Å². The first-order valence-electron chi connectivity index (χ1n) is 8.48. The van der Waals surface area contributed by atoms with Crippen molar-refractivity contribution in [2.24, 2.45) is 0 Å². The van der Waals surface area contributed by atoms with E-state index in [9.17, 15) is 14.0 Å². The molecule has 0 bridgehead atoms. The minimum Gasteiger partial charge on any atom is -0.478 e. The Morgan fingerprint density at radius 3 is 2.57 bits per heavy atom. The van der Waals surface area contributed by atoms with Gasteiger partial charge in [0.2, 0.25) is 0 Å². The number of carbonyl (C=O) groups is 2. The van der Waals surface area contributed by atoms with Crippen molar-refractivity contribution in [1.29, 1.82) is 0 Å². The van der Waals surface area contributed by atoms with Crippen LogP contribution in [0.4, 0.5) is 4.39 Å². The first-order chi connectivity index (χ1) is 13.5. The molecule has 144 valence electrons. The van der Waals surface area contributed by atoms with Gasteiger partial charge in [0.05, 0.1) is 21.8 Å². The summed E-state index contributed by atoms with van der Waals surface area (Å²) >= 11 is 1.56. The van der Waals surface area contributed by atoms with Crippen molar-refractivity contribution in [3.05, 3.63) is 71.0 Å². The molecule has 0 aliphatic heterocycles. The second kappa shape index (κ2) is 8.62. The van der Waals surface area contributed by atoms with Crippen LogP contribution in [-0.4, -0.2) is 22.9 Å². The standard InChI is InChI=1S/C20H18FN3O3S/c1-12-14(9-10-16(22-12)18-8-5-11-28-18)20(26)24-23-19(25)13(2)27-17-7-4-3-6-15(17)21/h3-11,13H,1-2H3,(H,23,25)(H,24,26). The fourth-order valence-corrected chi connectivity index (χ4v) is 3.13. The Bertz CT molecular complexity index is 992. The molecule has 0 radical (unpaired) electrons. The highest BCUT2D eigenvalue weighted by molar-refractivity contribution is 7.13. The smallest absolute Gasteiger partial charge is 0.279 e. The fraction of sp³-hybridized carbons (Fsp3) is 0.150. The molecule has 1 unspecified atom stereocenters. The van der Waals surface area contributed by atoms with Gasteiger partial charge in [0.25, 0.3) is 11.8 Å². The lowest BCUT2D eigenvalue weighted by Gasteiger charge is -2.16. The molecule has 2 aromatic heterocycles. The number of ether oxygens (including phenoxy) is 1. The number of halogens is 1. The molecule has 0 saturated carbocycles. The summed E-state index contributed by atoms with van der Waals surface area (Å²) in [5, 5.41) is 1.95. The van der Waals surface area contributed by atoms with E-state index in [2.05, 4.69) is 15.8 Å². The minimum atomic E-state index is -1.00. The van der Waals surface area contributed by atoms with Crippen molar-refractivity contribution >= 4 is 23.2 Å². The highest BCUT2D eigenvalue weighted by atomic mass is 32.1. The van der Waals surface area contributed by atoms with E-state index in [4.69, 9.17) is 4.74 Å². The highest BCUT2D eigenvalue weighted by Gasteiger charge is 2.18. The predicted molar refractivity (Wildman–Crippen MR) is 104 cm³/mol. The van der Waals surface area contributed by atoms with Crippen LogP contribution in [0.3, 0.4) is 0 Å². The Morgan fingerprint density at radius 1 is 1.11 bits per heavy atom. The van der Waals surface area contributed by atoms with E-state index in [-0.39, 0.29) is 5.75 Å². The molecule has 0 spiro atoms. The number of benzene rings is 1. The average Bonchev–Trinajstić information content (AvgIpc) is 3.22. The van der Waals surface area contributed by atoms with Crippen LogP contribution in [0.1, 0.15) is 23.0 Å². The third-order valence-electron chi connectivity index (χ3n) is 3.91. The van der Waals surface area contributed by atoms with Gasteiger partial charge in [-0.2, -0.15) is 0 Å². The molecule has 2 heterocycles. The van der Waals surface area contributed by atoms with Gasteiger partial charge in [-0.05, 0) is 49.6 Å². The molecular formula is C20H18FN3O3S. The van der Waals surface area contributed by atoms with Crippen LogP contribution in [0, 0.1) is 12.7 Å². The van der Waals surface area contributed by atoms with Gasteiger partial charge >= 0.3 is 0 Å². The number of hydrazine groups is 1. The molecule has 3 rings (SSSR count). The van der Waals surface area contributed by atoms with Crippen LogP contribution in [0.5, 0.6) is 5.75 Å². The van der Waals surface area contributed by atoms with Crippen molar-refractivity contribution in [3.8, 4) is 16.3 Å². The van der Waals surface area contributed by atoms with Crippen LogP contribution in [0.15, 0.2) is 53.9 Å². The van der Waals surface area contributed by atoms with Crippen LogP contribution in [0.25, 0.3) is 10.6 Å². The van der Waals surface area contributed by atoms with Crippen molar-refractivity contribution in [1.82, 2.24) is 15.8 Å². The molecule has 1 aromatic carbocycles. The van der Waals surface area contributed by atoms with E-state index in [0.29, 0.717) is 11.3 Å². The molecule has 2 N–H and O–H groups in total. The molecule has 1 atom stereocenters. The fourth-order valence-electron chi connectivity index (χ4n) is 2.43. The Hall–Kier alpha value is -3.26. The molecule has 8 heteroatoms. The van der Waals surface area contributed by atoms with Gasteiger partial charge in [-0.25, -0.2) is 4.39 Å². The minimum absolute atomic E-state index is 0.0410. The number of nitrogens with zero attached hydrogens (tertiary/aromatic N) is 1. The van der Waals surface area contributed by atoms with Crippen molar-refractivity contribution < 1.29 is 18.7 Å². The number of rotatable bonds is 5. The van der Waals surface area contributed by atoms with Crippen LogP contribution in [0.2, 0.25) is 0 Å². The molecule has 2 amide bonds. The molecule has 0 aliphatic carbocycles. The molecular weight excluding hydrogens is 381 g/mol. The zero-order valence-electron chi connectivity index (χ0n) is 15.2. The first-order valence-corrected chi connectivity index (χ1v) is 9.36. The Labute approximate surface area is 165 Å². The van der Waals surface area contributed by atoms with Gasteiger partial charge < -0.3 is 4.74 Å². The zero-order chi connectivity index (χ0) is 20.1. The number of hydrogen-bond acceptors (Lipinski definition) is 5. The lowest BCUT2D eigenvalue weighted by molar-refractivity contribution is -0.128. The second-order valence-electron chi connectivity index (χ2n) is 5.94. The number of aryl methyl sites for hydroxylation is 1. The third-order valence-corrected chi connectivity index (χ3v) is 4.81. The van der Waals surface area contributed by atoms with E-state index in [0.717, 1.165) is 10.6 Å². The largest absolute Gasteiger partial charge is 0.478 e. The quantitative estimate of drug-likeness (QED) is 0.644. The summed E-state index contributed by atoms with van der Waals surface area (Å²) in [5.74, 6) is -1.73. The van der Waals surface area contributed by atoms with E-state index >= 15 is 0 Å². The van der Waals surface area contributed by atoms with Gasteiger partial charge in [-0.3, -0.25) is 25.4 Å². The summed E-state index contributed by atoms with van der Waals surface area (Å²) in [6, 6.07) is 13.0. The van der Waals surface area contributed by atoms with Crippen LogP contribution in [-0.2, 0) is 4.79 Å². The van der Waals surface area contributed by atoms with Gasteiger partial charge in [0.15, 0.2) is 17.7 Å². The summed E-state index contributed by atoms with van der Waals surface area (Å²) in [5.41, 5.74) is 6.25. The molecule has 28 heavy (non-hydrogen) atoms. The summed E-state index contributed by atoms with van der Waals surface area (Å²) in [7, 11) is 0. The lowest BCUT2D eigenvalue weighted by Crippen LogP contribution is -2.47. The van der Waals surface area contributed by atoms with Gasteiger partial charge in [0, 0.05) is 0 Å². The molecule has 3 aromatic rings. The van der Waals surface area contributed by atoms with E-state index in [1.54, 1.807) is 36.5 Å². The lowest BCUT2D eigenvalue weighted by atomic mass is 10.1. The monoisotopic (exact) mass is 399 g/mol. The van der Waals surface area contributed by atoms with Crippen molar-refractivity contribution in [2.45, 2.75) is 20.0 Å². The maximum atomic E-state index is 13.6. The molecule has 0 saturated heterocycles. The Morgan fingerprint density at radius 2 is 1.89 bits per heavy atom. The average molecular weight is 399 g/mol. The normalized spacial score (nSPS) is 11.5. The van der Waals surface area contributed by atoms with E-state index < -0.39 is 23.7 Å². The summed E-state index contributed by atoms with van der Waals surface area (Å²) in [4.78, 5) is 29.9. The van der Waals surface area contributed by atoms with Crippen molar-refractivity contribution in [3.63, 3.8) is 0 Å². The third kappa shape index (κ3) is 4.52. The molecule has 6 nitrogen and oxygen atoms in total. The highest BCUT2D eigenvalue weighted by Crippen LogP contribution is 2.23. The molecule has 0 aliphatic rings. The number of pyridine rings is 1. The first kappa shape index (κ1) is 19.5. The van der Waals surface area contributed by atoms with Crippen LogP contribution < -0.4 is 15.6 Å². The zero-order valence-corrected chi connectivity index (χ0v) is 16.0. The number of hydrogen-bond donors (Lipinski definition) is 2. The number of thiophene rings is 1. The van der Waals surface area contributed by atoms with E-state index in [1.807, 2.05) is 17.5 Å². The molecule has 0 fully saturated rings. The summed E-state index contributed by atoms with van der Waals surface area (Å²) < 4.78 is 18.9. The second-order valence-corrected chi connectivity index (χ2v) is 6.89. The van der Waals surface area contributed by atoms with Gasteiger partial charge in [-0.1, -0.05) is 18.2 Å². The van der Waals surface area contributed by atoms with Gasteiger partial charge in [0.1, 0.15) is 0 Å².